The Morgan fingerprint density at radius 2 is 1.47 bits per heavy atom. The molecular weight excluding hydrogens is 184 g/mol. The minimum atomic E-state index is 0.933. The van der Waals surface area contributed by atoms with Crippen LogP contribution in [0.2, 0.25) is 0 Å². The van der Waals surface area contributed by atoms with Gasteiger partial charge in [0.15, 0.2) is 0 Å². The molecule has 0 bridgehead atoms. The Labute approximate surface area is 95.9 Å². The molecule has 0 unspecified atom stereocenters. The zero-order valence-electron chi connectivity index (χ0n) is 10.5. The van der Waals surface area contributed by atoms with Crippen LogP contribution >= 0.6 is 0 Å². The third-order valence-electron chi connectivity index (χ3n) is 2.59. The minimum Gasteiger partial charge on any atom is -0.381 e. The molecule has 0 amide bonds. The standard InChI is InChI=1S/C14H28O/c1-3-5-7-9-10-12-14-15-13-11-8-6-4-2/h4H,2-3,5-14H2,1H3. The van der Waals surface area contributed by atoms with Gasteiger partial charge in [0.1, 0.15) is 0 Å². The fraction of sp³-hybridized carbons (Fsp3) is 0.857. The minimum absolute atomic E-state index is 0.933. The van der Waals surface area contributed by atoms with E-state index in [1.165, 1.54) is 51.4 Å². The molecule has 0 rings (SSSR count). The first kappa shape index (κ1) is 14.7. The summed E-state index contributed by atoms with van der Waals surface area (Å²) >= 11 is 0. The number of allylic oxidation sites excluding steroid dienone is 1. The van der Waals surface area contributed by atoms with Crippen LogP contribution in [-0.2, 0) is 4.74 Å². The van der Waals surface area contributed by atoms with Gasteiger partial charge in [-0.05, 0) is 25.7 Å². The van der Waals surface area contributed by atoms with Crippen LogP contribution in [0.3, 0.4) is 0 Å². The Kier molecular flexibility index (Phi) is 13.4. The highest BCUT2D eigenvalue weighted by molar-refractivity contribution is 4.65. The summed E-state index contributed by atoms with van der Waals surface area (Å²) in [5.41, 5.74) is 0. The first-order valence-corrected chi connectivity index (χ1v) is 6.60. The Morgan fingerprint density at radius 3 is 2.13 bits per heavy atom. The Morgan fingerprint density at radius 1 is 0.867 bits per heavy atom. The van der Waals surface area contributed by atoms with Crippen molar-refractivity contribution < 1.29 is 4.74 Å². The van der Waals surface area contributed by atoms with Gasteiger partial charge in [0.25, 0.3) is 0 Å². The predicted molar refractivity (Wildman–Crippen MR) is 68.2 cm³/mol. The van der Waals surface area contributed by atoms with E-state index in [4.69, 9.17) is 4.74 Å². The van der Waals surface area contributed by atoms with Crippen molar-refractivity contribution in [3.63, 3.8) is 0 Å². The Bertz CT molecular complexity index is 121. The zero-order chi connectivity index (χ0) is 11.2. The molecule has 1 nitrogen and oxygen atoms in total. The van der Waals surface area contributed by atoms with Crippen LogP contribution in [-0.4, -0.2) is 13.2 Å². The van der Waals surface area contributed by atoms with Crippen molar-refractivity contribution in [3.8, 4) is 0 Å². The molecule has 0 aliphatic carbocycles. The van der Waals surface area contributed by atoms with Crippen molar-refractivity contribution in [2.24, 2.45) is 0 Å². The third-order valence-corrected chi connectivity index (χ3v) is 2.59. The van der Waals surface area contributed by atoms with Crippen molar-refractivity contribution in [2.75, 3.05) is 13.2 Å². The molecule has 0 atom stereocenters. The smallest absolute Gasteiger partial charge is 0.0466 e. The lowest BCUT2D eigenvalue weighted by Gasteiger charge is -2.03. The van der Waals surface area contributed by atoms with Gasteiger partial charge in [-0.25, -0.2) is 0 Å². The first-order chi connectivity index (χ1) is 7.41. The molecule has 0 spiro atoms. The van der Waals surface area contributed by atoms with Gasteiger partial charge in [-0.15, -0.1) is 6.58 Å². The maximum absolute atomic E-state index is 5.55. The molecule has 90 valence electrons. The largest absolute Gasteiger partial charge is 0.381 e. The van der Waals surface area contributed by atoms with Crippen molar-refractivity contribution >= 4 is 0 Å². The first-order valence-electron chi connectivity index (χ1n) is 6.60. The van der Waals surface area contributed by atoms with Gasteiger partial charge in [0.05, 0.1) is 0 Å². The Balaban J connectivity index is 2.83. The third kappa shape index (κ3) is 13.7. The van der Waals surface area contributed by atoms with Crippen LogP contribution in [0.25, 0.3) is 0 Å². The number of hydrogen-bond acceptors (Lipinski definition) is 1. The van der Waals surface area contributed by atoms with Gasteiger partial charge in [0.2, 0.25) is 0 Å². The summed E-state index contributed by atoms with van der Waals surface area (Å²) in [6.45, 7) is 7.85. The van der Waals surface area contributed by atoms with E-state index in [9.17, 15) is 0 Å². The van der Waals surface area contributed by atoms with E-state index in [1.54, 1.807) is 0 Å². The SMILES string of the molecule is C=CCCCCOCCCCCCCC. The van der Waals surface area contributed by atoms with E-state index >= 15 is 0 Å². The lowest BCUT2D eigenvalue weighted by Crippen LogP contribution is -1.96. The second kappa shape index (κ2) is 13.7. The highest BCUT2D eigenvalue weighted by Gasteiger charge is 1.91. The fourth-order valence-electron chi connectivity index (χ4n) is 1.58. The van der Waals surface area contributed by atoms with E-state index < -0.39 is 0 Å². The molecule has 0 N–H and O–H groups in total. The molecule has 0 aliphatic heterocycles. The molecule has 0 aromatic carbocycles. The Hall–Kier alpha value is -0.300. The van der Waals surface area contributed by atoms with E-state index in [0.29, 0.717) is 0 Å². The maximum Gasteiger partial charge on any atom is 0.0466 e. The summed E-state index contributed by atoms with van der Waals surface area (Å²) in [6.07, 6.45) is 13.6. The van der Waals surface area contributed by atoms with Crippen LogP contribution < -0.4 is 0 Å². The highest BCUT2D eigenvalue weighted by atomic mass is 16.5. The number of rotatable bonds is 12. The van der Waals surface area contributed by atoms with Gasteiger partial charge < -0.3 is 4.74 Å². The molecule has 0 aromatic heterocycles. The molecule has 15 heavy (non-hydrogen) atoms. The number of hydrogen-bond donors (Lipinski definition) is 0. The monoisotopic (exact) mass is 212 g/mol. The van der Waals surface area contributed by atoms with Crippen molar-refractivity contribution in [1.82, 2.24) is 0 Å². The molecule has 0 saturated carbocycles. The molecule has 0 aliphatic rings. The number of ether oxygens (including phenoxy) is 1. The average molecular weight is 212 g/mol. The van der Waals surface area contributed by atoms with Crippen LogP contribution in [0.4, 0.5) is 0 Å². The molecule has 0 saturated heterocycles. The van der Waals surface area contributed by atoms with Gasteiger partial charge in [-0.1, -0.05) is 45.1 Å². The second-order valence-corrected chi connectivity index (χ2v) is 4.16. The summed E-state index contributed by atoms with van der Waals surface area (Å²) in [6, 6.07) is 0. The number of unbranched alkanes of at least 4 members (excludes halogenated alkanes) is 7. The van der Waals surface area contributed by atoms with E-state index in [-0.39, 0.29) is 0 Å². The molecule has 0 heterocycles. The van der Waals surface area contributed by atoms with E-state index in [0.717, 1.165) is 19.6 Å². The summed E-state index contributed by atoms with van der Waals surface area (Å²) in [5, 5.41) is 0. The van der Waals surface area contributed by atoms with Gasteiger partial charge >= 0.3 is 0 Å². The lowest BCUT2D eigenvalue weighted by molar-refractivity contribution is 0.126. The van der Waals surface area contributed by atoms with Crippen molar-refractivity contribution in [2.45, 2.75) is 64.7 Å². The van der Waals surface area contributed by atoms with Crippen molar-refractivity contribution in [3.05, 3.63) is 12.7 Å². The topological polar surface area (TPSA) is 9.23 Å². The predicted octanol–water partition coefficient (Wildman–Crippen LogP) is 4.72. The summed E-state index contributed by atoms with van der Waals surface area (Å²) < 4.78 is 5.55. The van der Waals surface area contributed by atoms with Crippen LogP contribution in [0.1, 0.15) is 64.7 Å². The van der Waals surface area contributed by atoms with Crippen LogP contribution in [0.5, 0.6) is 0 Å². The average Bonchev–Trinajstić information content (AvgIpc) is 2.26. The van der Waals surface area contributed by atoms with Crippen LogP contribution in [0, 0.1) is 0 Å². The second-order valence-electron chi connectivity index (χ2n) is 4.16. The van der Waals surface area contributed by atoms with E-state index in [2.05, 4.69) is 13.5 Å². The maximum atomic E-state index is 5.55. The summed E-state index contributed by atoms with van der Waals surface area (Å²) in [7, 11) is 0. The zero-order valence-corrected chi connectivity index (χ0v) is 10.5. The normalized spacial score (nSPS) is 10.5. The van der Waals surface area contributed by atoms with E-state index in [1.807, 2.05) is 6.08 Å². The molecule has 0 aromatic rings. The van der Waals surface area contributed by atoms with Crippen molar-refractivity contribution in [1.29, 1.82) is 0 Å². The summed E-state index contributed by atoms with van der Waals surface area (Å²) in [5.74, 6) is 0. The highest BCUT2D eigenvalue weighted by Crippen LogP contribution is 2.05. The molecule has 0 radical (unpaired) electrons. The van der Waals surface area contributed by atoms with Crippen LogP contribution in [0.15, 0.2) is 12.7 Å². The molecular formula is C14H28O. The summed E-state index contributed by atoms with van der Waals surface area (Å²) in [4.78, 5) is 0. The fourth-order valence-corrected chi connectivity index (χ4v) is 1.58. The lowest BCUT2D eigenvalue weighted by atomic mass is 10.1. The van der Waals surface area contributed by atoms with Gasteiger partial charge in [0, 0.05) is 13.2 Å². The quantitative estimate of drug-likeness (QED) is 0.336. The molecule has 0 fully saturated rings. The van der Waals surface area contributed by atoms with Gasteiger partial charge in [-0.3, -0.25) is 0 Å². The molecule has 1 heteroatoms. The van der Waals surface area contributed by atoms with Gasteiger partial charge in [-0.2, -0.15) is 0 Å².